The summed E-state index contributed by atoms with van der Waals surface area (Å²) in [6.45, 7) is 1.77. The summed E-state index contributed by atoms with van der Waals surface area (Å²) in [4.78, 5) is 43.2. The number of H-pyrrole nitrogens is 1. The van der Waals surface area contributed by atoms with Crippen LogP contribution in [0.5, 0.6) is 0 Å². The third kappa shape index (κ3) is 2.61. The van der Waals surface area contributed by atoms with Crippen molar-refractivity contribution < 1.29 is 14.4 Å². The minimum Gasteiger partial charge on any atom is -0.358 e. The number of para-hydroxylation sites is 2. The van der Waals surface area contributed by atoms with Gasteiger partial charge in [-0.2, -0.15) is 0 Å². The number of carbonyl (C=O) groups is 3. The average Bonchev–Trinajstić information content (AvgIpc) is 3.23. The van der Waals surface area contributed by atoms with Crippen molar-refractivity contribution in [2.24, 2.45) is 0 Å². The van der Waals surface area contributed by atoms with Crippen LogP contribution in [0.4, 0.5) is 5.69 Å². The van der Waals surface area contributed by atoms with Crippen molar-refractivity contribution >= 4 is 34.2 Å². The molecule has 2 amide bonds. The van der Waals surface area contributed by atoms with Crippen LogP contribution >= 0.6 is 0 Å². The molecule has 6 nitrogen and oxygen atoms in total. The molecule has 0 fully saturated rings. The summed E-state index contributed by atoms with van der Waals surface area (Å²) in [5, 5.41) is 3.30. The van der Waals surface area contributed by atoms with Crippen LogP contribution in [0.25, 0.3) is 10.9 Å². The molecule has 1 atom stereocenters. The molecule has 3 aromatic rings. The monoisotopic (exact) mass is 361 g/mol. The number of rotatable bonds is 3. The topological polar surface area (TPSA) is 82.3 Å². The van der Waals surface area contributed by atoms with E-state index in [1.165, 1.54) is 11.9 Å². The number of carbonyl (C=O) groups excluding carboxylic acids is 3. The molecule has 2 aromatic carbocycles. The number of fused-ring (bicyclic) bond motifs is 2. The number of hydrogen-bond acceptors (Lipinski definition) is 3. The first kappa shape index (κ1) is 17.0. The molecule has 0 aliphatic carbocycles. The zero-order chi connectivity index (χ0) is 19.1. The molecule has 6 heteroatoms. The molecule has 27 heavy (non-hydrogen) atoms. The van der Waals surface area contributed by atoms with Gasteiger partial charge >= 0.3 is 0 Å². The van der Waals surface area contributed by atoms with Gasteiger partial charge in [0.25, 0.3) is 11.7 Å². The Hall–Kier alpha value is -3.41. The standard InChI is InChI=1S/C21H19N3O3/c1-12-18(14-8-4-5-9-15(14)23-12)19(25)21(27)24-16-10-6-3-7-13(16)11-17(24)20(26)22-2/h3-10,17,23H,11H2,1-2H3,(H,22,26)/t17-/m1/s1. The van der Waals surface area contributed by atoms with Crippen molar-refractivity contribution in [1.82, 2.24) is 10.3 Å². The minimum atomic E-state index is -0.727. The van der Waals surface area contributed by atoms with Gasteiger partial charge in [0, 0.05) is 35.8 Å². The molecule has 136 valence electrons. The van der Waals surface area contributed by atoms with Gasteiger partial charge in [-0.15, -0.1) is 0 Å². The Bertz CT molecular complexity index is 1080. The number of ketones is 1. The fourth-order valence-electron chi connectivity index (χ4n) is 3.80. The Labute approximate surface area is 156 Å². The maximum absolute atomic E-state index is 13.2. The SMILES string of the molecule is CNC(=O)[C@H]1Cc2ccccc2N1C(=O)C(=O)c1c(C)[nH]c2ccccc12. The number of aryl methyl sites for hydroxylation is 1. The number of Topliss-reactive ketones (excluding diaryl/α,β-unsaturated/α-hetero) is 1. The van der Waals surface area contributed by atoms with Crippen molar-refractivity contribution in [3.63, 3.8) is 0 Å². The third-order valence-corrected chi connectivity index (χ3v) is 5.06. The molecule has 2 heterocycles. The van der Waals surface area contributed by atoms with Crippen LogP contribution in [0, 0.1) is 6.92 Å². The number of amides is 2. The largest absolute Gasteiger partial charge is 0.358 e. The van der Waals surface area contributed by atoms with E-state index in [1.54, 1.807) is 19.1 Å². The van der Waals surface area contributed by atoms with Gasteiger partial charge < -0.3 is 10.3 Å². The van der Waals surface area contributed by atoms with Crippen molar-refractivity contribution in [2.75, 3.05) is 11.9 Å². The molecule has 0 unspecified atom stereocenters. The molecule has 2 N–H and O–H groups in total. The van der Waals surface area contributed by atoms with Crippen LogP contribution in [-0.4, -0.2) is 35.7 Å². The van der Waals surface area contributed by atoms with Gasteiger partial charge in [0.05, 0.1) is 5.56 Å². The number of nitrogens with one attached hydrogen (secondary N) is 2. The molecule has 0 bridgehead atoms. The number of aromatic amines is 1. The summed E-state index contributed by atoms with van der Waals surface area (Å²) in [5.41, 5.74) is 3.29. The molecule has 0 saturated heterocycles. The highest BCUT2D eigenvalue weighted by atomic mass is 16.2. The number of aromatic nitrogens is 1. The zero-order valence-corrected chi connectivity index (χ0v) is 15.1. The Morgan fingerprint density at radius 2 is 1.78 bits per heavy atom. The predicted octanol–water partition coefficient (Wildman–Crippen LogP) is 2.36. The van der Waals surface area contributed by atoms with E-state index in [2.05, 4.69) is 10.3 Å². The Morgan fingerprint density at radius 1 is 1.07 bits per heavy atom. The first-order chi connectivity index (χ1) is 13.0. The first-order valence-electron chi connectivity index (χ1n) is 8.77. The van der Waals surface area contributed by atoms with Gasteiger partial charge in [-0.3, -0.25) is 19.3 Å². The molecule has 0 radical (unpaired) electrons. The number of likely N-dealkylation sites (N-methyl/N-ethyl adjacent to an activating group) is 1. The van der Waals surface area contributed by atoms with Gasteiger partial charge in [0.1, 0.15) is 6.04 Å². The van der Waals surface area contributed by atoms with E-state index >= 15 is 0 Å². The molecular formula is C21H19N3O3. The van der Waals surface area contributed by atoms with Crippen LogP contribution in [0.15, 0.2) is 48.5 Å². The Morgan fingerprint density at radius 3 is 2.56 bits per heavy atom. The maximum atomic E-state index is 13.2. The maximum Gasteiger partial charge on any atom is 0.300 e. The van der Waals surface area contributed by atoms with Gasteiger partial charge in [-0.05, 0) is 24.6 Å². The van der Waals surface area contributed by atoms with Crippen LogP contribution in [-0.2, 0) is 16.0 Å². The van der Waals surface area contributed by atoms with E-state index in [4.69, 9.17) is 0 Å². The fraction of sp³-hybridized carbons (Fsp3) is 0.190. The predicted molar refractivity (Wildman–Crippen MR) is 103 cm³/mol. The second kappa shape index (κ2) is 6.39. The van der Waals surface area contributed by atoms with Gasteiger partial charge in [0.2, 0.25) is 5.91 Å². The zero-order valence-electron chi connectivity index (χ0n) is 15.1. The van der Waals surface area contributed by atoms with E-state index in [1.807, 2.05) is 36.4 Å². The second-order valence-electron chi connectivity index (χ2n) is 6.64. The van der Waals surface area contributed by atoms with Crippen molar-refractivity contribution in [3.8, 4) is 0 Å². The second-order valence-corrected chi connectivity index (χ2v) is 6.64. The van der Waals surface area contributed by atoms with E-state index in [-0.39, 0.29) is 5.91 Å². The summed E-state index contributed by atoms with van der Waals surface area (Å²) in [6, 6.07) is 13.9. The summed E-state index contributed by atoms with van der Waals surface area (Å²) < 4.78 is 0. The third-order valence-electron chi connectivity index (χ3n) is 5.06. The van der Waals surface area contributed by atoms with Crippen LogP contribution in [0.2, 0.25) is 0 Å². The number of anilines is 1. The highest BCUT2D eigenvalue weighted by Crippen LogP contribution is 2.33. The lowest BCUT2D eigenvalue weighted by Gasteiger charge is -2.23. The molecule has 1 aliphatic rings. The van der Waals surface area contributed by atoms with E-state index < -0.39 is 17.7 Å². The Balaban J connectivity index is 1.79. The normalized spacial score (nSPS) is 15.6. The van der Waals surface area contributed by atoms with Crippen LogP contribution < -0.4 is 10.2 Å². The highest BCUT2D eigenvalue weighted by molar-refractivity contribution is 6.50. The fourth-order valence-corrected chi connectivity index (χ4v) is 3.80. The number of nitrogens with zero attached hydrogens (tertiary/aromatic N) is 1. The van der Waals surface area contributed by atoms with Crippen molar-refractivity contribution in [3.05, 3.63) is 65.4 Å². The minimum absolute atomic E-state index is 0.289. The number of benzene rings is 2. The van der Waals surface area contributed by atoms with Crippen LogP contribution in [0.1, 0.15) is 21.6 Å². The van der Waals surface area contributed by atoms with E-state index in [0.29, 0.717) is 28.8 Å². The molecule has 0 spiro atoms. The average molecular weight is 361 g/mol. The molecular weight excluding hydrogens is 342 g/mol. The first-order valence-corrected chi connectivity index (χ1v) is 8.77. The van der Waals surface area contributed by atoms with Crippen molar-refractivity contribution in [1.29, 1.82) is 0 Å². The van der Waals surface area contributed by atoms with E-state index in [0.717, 1.165) is 11.1 Å². The summed E-state index contributed by atoms with van der Waals surface area (Å²) in [5.74, 6) is -1.60. The molecule has 1 aromatic heterocycles. The highest BCUT2D eigenvalue weighted by Gasteiger charge is 2.41. The number of hydrogen-bond donors (Lipinski definition) is 2. The lowest BCUT2D eigenvalue weighted by atomic mass is 10.0. The summed E-state index contributed by atoms with van der Waals surface area (Å²) in [7, 11) is 1.53. The lowest BCUT2D eigenvalue weighted by molar-refractivity contribution is -0.124. The Kier molecular flexibility index (Phi) is 4.03. The lowest BCUT2D eigenvalue weighted by Crippen LogP contribution is -2.49. The smallest absolute Gasteiger partial charge is 0.300 e. The van der Waals surface area contributed by atoms with Gasteiger partial charge in [-0.1, -0.05) is 36.4 Å². The molecule has 4 rings (SSSR count). The quantitative estimate of drug-likeness (QED) is 0.555. The molecule has 0 saturated carbocycles. The van der Waals surface area contributed by atoms with Crippen molar-refractivity contribution in [2.45, 2.75) is 19.4 Å². The molecule has 1 aliphatic heterocycles. The van der Waals surface area contributed by atoms with Gasteiger partial charge in [0.15, 0.2) is 0 Å². The summed E-state index contributed by atoms with van der Waals surface area (Å²) >= 11 is 0. The summed E-state index contributed by atoms with van der Waals surface area (Å²) in [6.07, 6.45) is 0.391. The van der Waals surface area contributed by atoms with E-state index in [9.17, 15) is 14.4 Å². The van der Waals surface area contributed by atoms with Gasteiger partial charge in [-0.25, -0.2) is 0 Å². The van der Waals surface area contributed by atoms with Crippen LogP contribution in [0.3, 0.4) is 0 Å².